The maximum atomic E-state index is 13.2. The predicted octanol–water partition coefficient (Wildman–Crippen LogP) is 2.65. The van der Waals surface area contributed by atoms with Gasteiger partial charge in [0.05, 0.1) is 23.6 Å². The van der Waals surface area contributed by atoms with E-state index in [4.69, 9.17) is 0 Å². The summed E-state index contributed by atoms with van der Waals surface area (Å²) >= 11 is 0. The fraction of sp³-hybridized carbons (Fsp3) is 0.650. The summed E-state index contributed by atoms with van der Waals surface area (Å²) in [5.74, 6) is -0.267. The summed E-state index contributed by atoms with van der Waals surface area (Å²) in [7, 11) is -3.06. The van der Waals surface area contributed by atoms with E-state index in [0.717, 1.165) is 31.2 Å². The molecule has 1 aromatic carbocycles. The lowest BCUT2D eigenvalue weighted by molar-refractivity contribution is -0.124. The molecule has 1 amide bonds. The summed E-state index contributed by atoms with van der Waals surface area (Å²) in [5.41, 5.74) is 0.300. The number of carbonyl (C=O) groups excluding carboxylic acids is 1. The second kappa shape index (κ2) is 8.27. The van der Waals surface area contributed by atoms with Crippen LogP contribution in [-0.4, -0.2) is 48.9 Å². The Morgan fingerprint density at radius 3 is 2.48 bits per heavy atom. The van der Waals surface area contributed by atoms with E-state index in [9.17, 15) is 17.6 Å². The van der Waals surface area contributed by atoms with Gasteiger partial charge >= 0.3 is 0 Å². The zero-order valence-electron chi connectivity index (χ0n) is 15.9. The molecule has 1 saturated heterocycles. The zero-order chi connectivity index (χ0) is 19.5. The molecule has 0 spiro atoms. The minimum atomic E-state index is -3.06. The number of sulfone groups is 1. The standard InChI is InChI=1S/C20H29FN2O3S/c1-20(11-12-27(25,26)15-20)22-19(24)14-23(18-5-3-2-4-6-18)13-16-7-9-17(21)10-8-16/h7-10,18H,2-6,11-15H2,1H3,(H,22,24). The van der Waals surface area contributed by atoms with Crippen molar-refractivity contribution >= 4 is 15.7 Å². The molecule has 2 aliphatic rings. The van der Waals surface area contributed by atoms with Crippen LogP contribution >= 0.6 is 0 Å². The average Bonchev–Trinajstić information content (AvgIpc) is 2.89. The van der Waals surface area contributed by atoms with E-state index in [1.54, 1.807) is 19.1 Å². The smallest absolute Gasteiger partial charge is 0.234 e. The van der Waals surface area contributed by atoms with Crippen molar-refractivity contribution in [2.24, 2.45) is 0 Å². The fourth-order valence-corrected chi connectivity index (χ4v) is 6.35. The Bertz CT molecular complexity index is 760. The number of carbonyl (C=O) groups is 1. The molecule has 1 atom stereocenters. The third-order valence-electron chi connectivity index (χ3n) is 5.68. The first kappa shape index (κ1) is 20.3. The summed E-state index contributed by atoms with van der Waals surface area (Å²) in [6.07, 6.45) is 6.11. The van der Waals surface area contributed by atoms with Crippen molar-refractivity contribution in [1.29, 1.82) is 0 Å². The van der Waals surface area contributed by atoms with Crippen molar-refractivity contribution in [1.82, 2.24) is 10.2 Å². The van der Waals surface area contributed by atoms with E-state index in [-0.39, 0.29) is 29.8 Å². The van der Waals surface area contributed by atoms with Crippen LogP contribution in [0.4, 0.5) is 4.39 Å². The van der Waals surface area contributed by atoms with Gasteiger partial charge in [0, 0.05) is 12.6 Å². The van der Waals surface area contributed by atoms with Gasteiger partial charge in [-0.15, -0.1) is 0 Å². The number of hydrogen-bond donors (Lipinski definition) is 1. The lowest BCUT2D eigenvalue weighted by atomic mass is 9.93. The molecular weight excluding hydrogens is 367 g/mol. The van der Waals surface area contributed by atoms with Crippen molar-refractivity contribution in [3.05, 3.63) is 35.6 Å². The number of amides is 1. The van der Waals surface area contributed by atoms with Crippen LogP contribution in [0.1, 0.15) is 51.0 Å². The van der Waals surface area contributed by atoms with Crippen molar-refractivity contribution in [2.45, 2.75) is 63.6 Å². The molecule has 0 aromatic heterocycles. The molecule has 1 aliphatic heterocycles. The molecule has 150 valence electrons. The Balaban J connectivity index is 1.66. The first-order valence-corrected chi connectivity index (χ1v) is 11.6. The van der Waals surface area contributed by atoms with Gasteiger partial charge in [0.2, 0.25) is 5.91 Å². The van der Waals surface area contributed by atoms with Gasteiger partial charge in [-0.1, -0.05) is 31.4 Å². The summed E-state index contributed by atoms with van der Waals surface area (Å²) in [5, 5.41) is 2.96. The Morgan fingerprint density at radius 1 is 1.22 bits per heavy atom. The second-order valence-electron chi connectivity index (χ2n) is 8.27. The molecule has 0 radical (unpaired) electrons. The van der Waals surface area contributed by atoms with Gasteiger partial charge in [0.25, 0.3) is 0 Å². The summed E-state index contributed by atoms with van der Waals surface area (Å²) in [4.78, 5) is 14.9. The molecule has 1 aliphatic carbocycles. The van der Waals surface area contributed by atoms with E-state index >= 15 is 0 Å². The number of rotatable bonds is 6. The van der Waals surface area contributed by atoms with Crippen LogP contribution < -0.4 is 5.32 Å². The van der Waals surface area contributed by atoms with Gasteiger partial charge in [-0.3, -0.25) is 9.69 Å². The Kier molecular flexibility index (Phi) is 6.21. The maximum Gasteiger partial charge on any atom is 0.234 e. The van der Waals surface area contributed by atoms with Gasteiger partial charge in [-0.05, 0) is 43.9 Å². The van der Waals surface area contributed by atoms with Crippen LogP contribution in [-0.2, 0) is 21.2 Å². The van der Waals surface area contributed by atoms with Gasteiger partial charge in [-0.2, -0.15) is 0 Å². The van der Waals surface area contributed by atoms with Gasteiger partial charge in [0.15, 0.2) is 9.84 Å². The van der Waals surface area contributed by atoms with Crippen LogP contribution in [0.2, 0.25) is 0 Å². The first-order valence-electron chi connectivity index (χ1n) is 9.75. The van der Waals surface area contributed by atoms with E-state index in [1.807, 2.05) is 0 Å². The molecule has 1 saturated carbocycles. The van der Waals surface area contributed by atoms with Crippen molar-refractivity contribution in [3.63, 3.8) is 0 Å². The van der Waals surface area contributed by atoms with Gasteiger partial charge < -0.3 is 5.32 Å². The number of benzene rings is 1. The van der Waals surface area contributed by atoms with Gasteiger partial charge in [-0.25, -0.2) is 12.8 Å². The van der Waals surface area contributed by atoms with Gasteiger partial charge in [0.1, 0.15) is 5.82 Å². The molecular formula is C20H29FN2O3S. The predicted molar refractivity (Wildman–Crippen MR) is 104 cm³/mol. The Labute approximate surface area is 161 Å². The highest BCUT2D eigenvalue weighted by molar-refractivity contribution is 7.91. The van der Waals surface area contributed by atoms with E-state index in [1.165, 1.54) is 18.6 Å². The van der Waals surface area contributed by atoms with Crippen LogP contribution in [0, 0.1) is 5.82 Å². The van der Waals surface area contributed by atoms with E-state index in [2.05, 4.69) is 10.2 Å². The topological polar surface area (TPSA) is 66.5 Å². The molecule has 7 heteroatoms. The minimum absolute atomic E-state index is 0.00707. The quantitative estimate of drug-likeness (QED) is 0.803. The van der Waals surface area contributed by atoms with Crippen molar-refractivity contribution in [3.8, 4) is 0 Å². The average molecular weight is 397 g/mol. The first-order chi connectivity index (χ1) is 12.7. The molecule has 1 heterocycles. The molecule has 3 rings (SSSR count). The fourth-order valence-electron chi connectivity index (χ4n) is 4.25. The second-order valence-corrected chi connectivity index (χ2v) is 10.5. The van der Waals surface area contributed by atoms with Crippen molar-refractivity contribution in [2.75, 3.05) is 18.1 Å². The highest BCUT2D eigenvalue weighted by Crippen LogP contribution is 2.25. The number of hydrogen-bond acceptors (Lipinski definition) is 4. The van der Waals surface area contributed by atoms with E-state index in [0.29, 0.717) is 19.0 Å². The number of halogens is 1. The molecule has 1 N–H and O–H groups in total. The lowest BCUT2D eigenvalue weighted by Crippen LogP contribution is -2.51. The number of nitrogens with zero attached hydrogens (tertiary/aromatic N) is 1. The molecule has 0 bridgehead atoms. The highest BCUT2D eigenvalue weighted by Gasteiger charge is 2.39. The molecule has 1 aromatic rings. The zero-order valence-corrected chi connectivity index (χ0v) is 16.7. The monoisotopic (exact) mass is 396 g/mol. The molecule has 5 nitrogen and oxygen atoms in total. The van der Waals surface area contributed by atoms with E-state index < -0.39 is 15.4 Å². The van der Waals surface area contributed by atoms with Crippen LogP contribution in [0.25, 0.3) is 0 Å². The van der Waals surface area contributed by atoms with Crippen molar-refractivity contribution < 1.29 is 17.6 Å². The summed E-state index contributed by atoms with van der Waals surface area (Å²) < 4.78 is 36.7. The maximum absolute atomic E-state index is 13.2. The van der Waals surface area contributed by atoms with Crippen LogP contribution in [0.3, 0.4) is 0 Å². The summed E-state index contributed by atoms with van der Waals surface area (Å²) in [6, 6.07) is 6.73. The summed E-state index contributed by atoms with van der Waals surface area (Å²) in [6.45, 7) is 2.63. The highest BCUT2D eigenvalue weighted by atomic mass is 32.2. The largest absolute Gasteiger partial charge is 0.349 e. The normalized spacial score (nSPS) is 25.6. The minimum Gasteiger partial charge on any atom is -0.349 e. The molecule has 1 unspecified atom stereocenters. The molecule has 27 heavy (non-hydrogen) atoms. The Hall–Kier alpha value is -1.47. The molecule has 2 fully saturated rings. The third kappa shape index (κ3) is 5.75. The van der Waals surface area contributed by atoms with Crippen LogP contribution in [0.15, 0.2) is 24.3 Å². The van der Waals surface area contributed by atoms with Crippen LogP contribution in [0.5, 0.6) is 0 Å². The number of nitrogens with one attached hydrogen (secondary N) is 1. The SMILES string of the molecule is CC1(NC(=O)CN(Cc2ccc(F)cc2)C2CCCCC2)CCS(=O)(=O)C1. The lowest BCUT2D eigenvalue weighted by Gasteiger charge is -2.35. The Morgan fingerprint density at radius 2 is 1.89 bits per heavy atom. The third-order valence-corrected chi connectivity index (χ3v) is 7.58.